The minimum Gasteiger partial charge on any atom is -0.348 e. The van der Waals surface area contributed by atoms with Gasteiger partial charge in [0.15, 0.2) is 0 Å². The summed E-state index contributed by atoms with van der Waals surface area (Å²) in [5.74, 6) is 0.206. The summed E-state index contributed by atoms with van der Waals surface area (Å²) < 4.78 is 0. The van der Waals surface area contributed by atoms with Crippen molar-refractivity contribution in [2.24, 2.45) is 0 Å². The SMILES string of the molecule is Cc1[nH]cnc1CN(CCN(C)C)C(=O)C(C)N(C)C1CCCCC1. The third-order valence-electron chi connectivity index (χ3n) is 5.52. The van der Waals surface area contributed by atoms with Crippen molar-refractivity contribution in [1.82, 2.24) is 24.7 Å². The van der Waals surface area contributed by atoms with E-state index < -0.39 is 0 Å². The average Bonchev–Trinajstić information content (AvgIpc) is 3.02. The van der Waals surface area contributed by atoms with E-state index in [0.717, 1.165) is 24.5 Å². The molecule has 1 saturated carbocycles. The fourth-order valence-corrected chi connectivity index (χ4v) is 3.56. The number of likely N-dealkylation sites (N-methyl/N-ethyl adjacent to an activating group) is 2. The lowest BCUT2D eigenvalue weighted by atomic mass is 9.93. The van der Waals surface area contributed by atoms with Crippen LogP contribution in [0.2, 0.25) is 0 Å². The number of H-pyrrole nitrogens is 1. The number of aromatic amines is 1. The number of imidazole rings is 1. The van der Waals surface area contributed by atoms with Crippen LogP contribution in [-0.2, 0) is 11.3 Å². The van der Waals surface area contributed by atoms with Gasteiger partial charge in [-0.2, -0.15) is 0 Å². The summed E-state index contributed by atoms with van der Waals surface area (Å²) >= 11 is 0. The number of rotatable bonds is 8. The van der Waals surface area contributed by atoms with Gasteiger partial charge in [0.25, 0.3) is 0 Å². The molecule has 1 unspecified atom stereocenters. The topological polar surface area (TPSA) is 55.5 Å². The molecule has 0 radical (unpaired) electrons. The molecule has 1 aliphatic carbocycles. The third kappa shape index (κ3) is 5.54. The van der Waals surface area contributed by atoms with Crippen molar-refractivity contribution >= 4 is 5.91 Å². The van der Waals surface area contributed by atoms with Crippen LogP contribution in [-0.4, -0.2) is 76.9 Å². The van der Waals surface area contributed by atoms with Crippen LogP contribution < -0.4 is 0 Å². The van der Waals surface area contributed by atoms with Gasteiger partial charge >= 0.3 is 0 Å². The Labute approximate surface area is 152 Å². The fourth-order valence-electron chi connectivity index (χ4n) is 3.56. The minimum atomic E-state index is -0.0930. The summed E-state index contributed by atoms with van der Waals surface area (Å²) in [7, 11) is 6.20. The van der Waals surface area contributed by atoms with Gasteiger partial charge in [0.1, 0.15) is 0 Å². The molecular weight excluding hydrogens is 314 g/mol. The maximum absolute atomic E-state index is 13.2. The van der Waals surface area contributed by atoms with Crippen LogP contribution in [0.5, 0.6) is 0 Å². The molecule has 1 aromatic heterocycles. The monoisotopic (exact) mass is 349 g/mol. The van der Waals surface area contributed by atoms with E-state index in [1.54, 1.807) is 6.33 Å². The number of nitrogens with zero attached hydrogens (tertiary/aromatic N) is 4. The minimum absolute atomic E-state index is 0.0930. The second-order valence-corrected chi connectivity index (χ2v) is 7.67. The zero-order valence-corrected chi connectivity index (χ0v) is 16.6. The molecule has 142 valence electrons. The molecule has 0 spiro atoms. The molecule has 1 N–H and O–H groups in total. The quantitative estimate of drug-likeness (QED) is 0.782. The van der Waals surface area contributed by atoms with E-state index in [4.69, 9.17) is 0 Å². The zero-order chi connectivity index (χ0) is 18.4. The maximum Gasteiger partial charge on any atom is 0.240 e. The molecule has 0 aromatic carbocycles. The lowest BCUT2D eigenvalue weighted by Crippen LogP contribution is -2.50. The second-order valence-electron chi connectivity index (χ2n) is 7.67. The summed E-state index contributed by atoms with van der Waals surface area (Å²) in [5, 5.41) is 0. The Bertz CT molecular complexity index is 536. The van der Waals surface area contributed by atoms with E-state index >= 15 is 0 Å². The molecule has 6 heteroatoms. The van der Waals surface area contributed by atoms with E-state index in [1.807, 2.05) is 25.9 Å². The molecule has 1 aliphatic rings. The first-order valence-electron chi connectivity index (χ1n) is 9.54. The molecule has 1 atom stereocenters. The predicted molar refractivity (Wildman–Crippen MR) is 101 cm³/mol. The zero-order valence-electron chi connectivity index (χ0n) is 16.6. The summed E-state index contributed by atoms with van der Waals surface area (Å²) in [5.41, 5.74) is 2.00. The summed E-state index contributed by atoms with van der Waals surface area (Å²) in [6, 6.07) is 0.444. The van der Waals surface area contributed by atoms with Crippen LogP contribution in [0.3, 0.4) is 0 Å². The highest BCUT2D eigenvalue weighted by Gasteiger charge is 2.29. The molecule has 1 heterocycles. The van der Waals surface area contributed by atoms with Gasteiger partial charge in [0, 0.05) is 24.8 Å². The van der Waals surface area contributed by atoms with Crippen molar-refractivity contribution in [2.45, 2.75) is 64.6 Å². The van der Waals surface area contributed by atoms with Gasteiger partial charge in [-0.25, -0.2) is 4.98 Å². The molecule has 1 fully saturated rings. The third-order valence-corrected chi connectivity index (χ3v) is 5.52. The van der Waals surface area contributed by atoms with Gasteiger partial charge in [-0.1, -0.05) is 19.3 Å². The Morgan fingerprint density at radius 3 is 2.48 bits per heavy atom. The molecule has 0 bridgehead atoms. The Morgan fingerprint density at radius 1 is 1.24 bits per heavy atom. The number of amides is 1. The van der Waals surface area contributed by atoms with Gasteiger partial charge in [-0.3, -0.25) is 9.69 Å². The Morgan fingerprint density at radius 2 is 1.92 bits per heavy atom. The molecule has 25 heavy (non-hydrogen) atoms. The van der Waals surface area contributed by atoms with E-state index in [9.17, 15) is 4.79 Å². The molecule has 2 rings (SSSR count). The van der Waals surface area contributed by atoms with Crippen LogP contribution in [0.25, 0.3) is 0 Å². The summed E-state index contributed by atoms with van der Waals surface area (Å²) in [6.07, 6.45) is 8.03. The lowest BCUT2D eigenvalue weighted by molar-refractivity contribution is -0.137. The van der Waals surface area contributed by atoms with Gasteiger partial charge in [0.2, 0.25) is 5.91 Å². The fraction of sp³-hybridized carbons (Fsp3) is 0.789. The number of hydrogen-bond acceptors (Lipinski definition) is 4. The Kier molecular flexibility index (Phi) is 7.44. The van der Waals surface area contributed by atoms with E-state index in [1.165, 1.54) is 32.1 Å². The van der Waals surface area contributed by atoms with Crippen molar-refractivity contribution in [3.8, 4) is 0 Å². The molecule has 0 aliphatic heterocycles. The van der Waals surface area contributed by atoms with Crippen LogP contribution in [0.15, 0.2) is 6.33 Å². The van der Waals surface area contributed by atoms with Crippen LogP contribution in [0.1, 0.15) is 50.4 Å². The van der Waals surface area contributed by atoms with Crippen molar-refractivity contribution in [2.75, 3.05) is 34.2 Å². The van der Waals surface area contributed by atoms with Crippen molar-refractivity contribution in [3.63, 3.8) is 0 Å². The first-order valence-corrected chi connectivity index (χ1v) is 9.54. The number of hydrogen-bond donors (Lipinski definition) is 1. The largest absolute Gasteiger partial charge is 0.348 e. The van der Waals surface area contributed by atoms with Gasteiger partial charge in [0.05, 0.1) is 24.6 Å². The summed E-state index contributed by atoms with van der Waals surface area (Å²) in [6.45, 7) is 6.21. The van der Waals surface area contributed by atoms with Crippen LogP contribution >= 0.6 is 0 Å². The molecule has 1 aromatic rings. The Balaban J connectivity index is 2.05. The lowest BCUT2D eigenvalue weighted by Gasteiger charge is -2.37. The number of aryl methyl sites for hydroxylation is 1. The molecule has 6 nitrogen and oxygen atoms in total. The summed E-state index contributed by atoms with van der Waals surface area (Å²) in [4.78, 5) is 27.1. The number of nitrogens with one attached hydrogen (secondary N) is 1. The van der Waals surface area contributed by atoms with Crippen LogP contribution in [0.4, 0.5) is 0 Å². The van der Waals surface area contributed by atoms with Crippen molar-refractivity contribution < 1.29 is 4.79 Å². The number of aromatic nitrogens is 2. The first-order chi connectivity index (χ1) is 11.9. The van der Waals surface area contributed by atoms with E-state index in [0.29, 0.717) is 12.6 Å². The first kappa shape index (κ1) is 19.9. The molecule has 0 saturated heterocycles. The van der Waals surface area contributed by atoms with Gasteiger partial charge in [-0.05, 0) is 47.8 Å². The average molecular weight is 350 g/mol. The van der Waals surface area contributed by atoms with Crippen molar-refractivity contribution in [1.29, 1.82) is 0 Å². The van der Waals surface area contributed by atoms with E-state index in [-0.39, 0.29) is 11.9 Å². The highest BCUT2D eigenvalue weighted by atomic mass is 16.2. The highest BCUT2D eigenvalue weighted by molar-refractivity contribution is 5.81. The van der Waals surface area contributed by atoms with E-state index in [2.05, 4.69) is 33.7 Å². The second kappa shape index (κ2) is 9.34. The Hall–Kier alpha value is -1.40. The van der Waals surface area contributed by atoms with Gasteiger partial charge < -0.3 is 14.8 Å². The smallest absolute Gasteiger partial charge is 0.240 e. The maximum atomic E-state index is 13.2. The number of carbonyl (C=O) groups excluding carboxylic acids is 1. The predicted octanol–water partition coefficient (Wildman–Crippen LogP) is 2.26. The molecule has 1 amide bonds. The normalized spacial score (nSPS) is 17.2. The standard InChI is InChI=1S/C19H35N5O/c1-15-18(21-14-20-15)13-24(12-11-22(3)4)19(25)16(2)23(5)17-9-7-6-8-10-17/h14,16-17H,6-13H2,1-5H3,(H,20,21). The highest BCUT2D eigenvalue weighted by Crippen LogP contribution is 2.23. The van der Waals surface area contributed by atoms with Crippen molar-refractivity contribution in [3.05, 3.63) is 17.7 Å². The molecular formula is C19H35N5O. The number of carbonyl (C=O) groups is 1. The van der Waals surface area contributed by atoms with Crippen LogP contribution in [0, 0.1) is 6.92 Å². The van der Waals surface area contributed by atoms with Gasteiger partial charge in [-0.15, -0.1) is 0 Å².